The molecule has 0 fully saturated rings. The summed E-state index contributed by atoms with van der Waals surface area (Å²) in [6, 6.07) is 11.6. The number of benzene rings is 2. The van der Waals surface area contributed by atoms with Crippen molar-refractivity contribution in [2.75, 3.05) is 5.32 Å². The van der Waals surface area contributed by atoms with E-state index in [1.807, 2.05) is 45.9 Å². The fourth-order valence-electron chi connectivity index (χ4n) is 3.49. The van der Waals surface area contributed by atoms with E-state index >= 15 is 0 Å². The van der Waals surface area contributed by atoms with Gasteiger partial charge in [0.15, 0.2) is 0 Å². The number of nitrogens with one attached hydrogen (secondary N) is 1. The molecule has 1 aliphatic heterocycles. The van der Waals surface area contributed by atoms with Crippen LogP contribution in [0.4, 0.5) is 5.69 Å². The van der Waals surface area contributed by atoms with Gasteiger partial charge in [-0.1, -0.05) is 44.2 Å². The van der Waals surface area contributed by atoms with Crippen LogP contribution in [0.1, 0.15) is 52.1 Å². The van der Waals surface area contributed by atoms with Crippen LogP contribution in [-0.2, 0) is 4.79 Å². The van der Waals surface area contributed by atoms with Crippen molar-refractivity contribution in [3.8, 4) is 0 Å². The number of hydrogen-bond donors (Lipinski definition) is 1. The van der Waals surface area contributed by atoms with Gasteiger partial charge in [0, 0.05) is 5.69 Å². The van der Waals surface area contributed by atoms with Crippen LogP contribution in [0.25, 0.3) is 0 Å². The summed E-state index contributed by atoms with van der Waals surface area (Å²) in [4.78, 5) is 39.9. The molecule has 1 atom stereocenters. The molecule has 3 rings (SSSR count). The molecule has 5 heteroatoms. The van der Waals surface area contributed by atoms with E-state index in [0.717, 1.165) is 21.7 Å². The maximum absolute atomic E-state index is 13.1. The van der Waals surface area contributed by atoms with E-state index in [1.54, 1.807) is 24.3 Å². The van der Waals surface area contributed by atoms with Crippen molar-refractivity contribution in [1.82, 2.24) is 4.90 Å². The van der Waals surface area contributed by atoms with Gasteiger partial charge in [0.1, 0.15) is 6.04 Å². The predicted molar refractivity (Wildman–Crippen MR) is 105 cm³/mol. The molecule has 0 aliphatic carbocycles. The number of rotatable bonds is 5. The van der Waals surface area contributed by atoms with Gasteiger partial charge >= 0.3 is 0 Å². The summed E-state index contributed by atoms with van der Waals surface area (Å²) in [5, 5.41) is 2.94. The number of para-hydroxylation sites is 1. The van der Waals surface area contributed by atoms with Gasteiger partial charge in [0.05, 0.1) is 11.1 Å². The van der Waals surface area contributed by atoms with E-state index in [4.69, 9.17) is 0 Å². The molecule has 0 saturated carbocycles. The minimum Gasteiger partial charge on any atom is -0.324 e. The zero-order chi connectivity index (χ0) is 19.7. The summed E-state index contributed by atoms with van der Waals surface area (Å²) in [7, 11) is 0. The second-order valence-corrected chi connectivity index (χ2v) is 7.43. The lowest BCUT2D eigenvalue weighted by Crippen LogP contribution is -2.48. The summed E-state index contributed by atoms with van der Waals surface area (Å²) in [6.07, 6.45) is 0.405. The monoisotopic (exact) mass is 364 g/mol. The van der Waals surface area contributed by atoms with E-state index in [1.165, 1.54) is 0 Å². The van der Waals surface area contributed by atoms with Crippen molar-refractivity contribution in [3.05, 3.63) is 64.7 Å². The van der Waals surface area contributed by atoms with Crippen LogP contribution in [0.2, 0.25) is 0 Å². The van der Waals surface area contributed by atoms with Crippen LogP contribution >= 0.6 is 0 Å². The standard InChI is InChI=1S/C22H24N2O3/c1-13(2)12-18(20(25)23-19-14(3)8-7-9-15(19)4)24-21(26)16-10-5-6-11-17(16)22(24)27/h5-11,13,18H,12H2,1-4H3,(H,23,25)/t18-/m1/s1. The maximum atomic E-state index is 13.1. The van der Waals surface area contributed by atoms with Crippen LogP contribution in [0.3, 0.4) is 0 Å². The van der Waals surface area contributed by atoms with Gasteiger partial charge in [-0.25, -0.2) is 0 Å². The van der Waals surface area contributed by atoms with E-state index in [2.05, 4.69) is 5.32 Å². The SMILES string of the molecule is Cc1cccc(C)c1NC(=O)[C@@H](CC(C)C)N1C(=O)c2ccccc2C1=O. The minimum atomic E-state index is -0.851. The zero-order valence-corrected chi connectivity index (χ0v) is 16.1. The van der Waals surface area contributed by atoms with Gasteiger partial charge in [-0.2, -0.15) is 0 Å². The smallest absolute Gasteiger partial charge is 0.262 e. The molecule has 2 aromatic carbocycles. The first-order valence-corrected chi connectivity index (χ1v) is 9.15. The van der Waals surface area contributed by atoms with Crippen LogP contribution in [0.5, 0.6) is 0 Å². The second-order valence-electron chi connectivity index (χ2n) is 7.43. The first-order valence-electron chi connectivity index (χ1n) is 9.15. The Labute approximate surface area is 159 Å². The fourth-order valence-corrected chi connectivity index (χ4v) is 3.49. The van der Waals surface area contributed by atoms with Crippen molar-refractivity contribution in [2.24, 2.45) is 5.92 Å². The number of imide groups is 1. The van der Waals surface area contributed by atoms with Crippen LogP contribution in [0, 0.1) is 19.8 Å². The van der Waals surface area contributed by atoms with Gasteiger partial charge in [-0.3, -0.25) is 19.3 Å². The summed E-state index contributed by atoms with van der Waals surface area (Å²) in [6.45, 7) is 7.78. The summed E-state index contributed by atoms with van der Waals surface area (Å²) in [5.41, 5.74) is 3.32. The molecule has 3 amide bonds. The fraction of sp³-hybridized carbons (Fsp3) is 0.318. The number of hydrogen-bond acceptors (Lipinski definition) is 3. The lowest BCUT2D eigenvalue weighted by molar-refractivity contribution is -0.120. The number of anilines is 1. The Kier molecular flexibility index (Phi) is 5.13. The highest BCUT2D eigenvalue weighted by Gasteiger charge is 2.42. The third kappa shape index (κ3) is 3.50. The molecule has 1 aliphatic rings. The molecule has 0 spiro atoms. The number of carbonyl (C=O) groups excluding carboxylic acids is 3. The quantitative estimate of drug-likeness (QED) is 0.817. The molecular weight excluding hydrogens is 340 g/mol. The van der Waals surface area contributed by atoms with Gasteiger partial charge in [-0.15, -0.1) is 0 Å². The highest BCUT2D eigenvalue weighted by molar-refractivity contribution is 6.23. The van der Waals surface area contributed by atoms with Crippen molar-refractivity contribution < 1.29 is 14.4 Å². The first-order chi connectivity index (χ1) is 12.8. The van der Waals surface area contributed by atoms with Crippen molar-refractivity contribution in [2.45, 2.75) is 40.2 Å². The molecule has 2 aromatic rings. The Morgan fingerprint density at radius 3 is 1.93 bits per heavy atom. The Bertz CT molecular complexity index is 862. The van der Waals surface area contributed by atoms with Crippen molar-refractivity contribution in [3.63, 3.8) is 0 Å². The molecular formula is C22H24N2O3. The number of amides is 3. The number of carbonyl (C=O) groups is 3. The highest BCUT2D eigenvalue weighted by Crippen LogP contribution is 2.28. The van der Waals surface area contributed by atoms with Crippen LogP contribution in [-0.4, -0.2) is 28.7 Å². The van der Waals surface area contributed by atoms with E-state index in [-0.39, 0.29) is 11.8 Å². The van der Waals surface area contributed by atoms with Gasteiger partial charge in [0.2, 0.25) is 5.91 Å². The molecule has 140 valence electrons. The van der Waals surface area contributed by atoms with Gasteiger partial charge < -0.3 is 5.32 Å². The molecule has 0 aromatic heterocycles. The second kappa shape index (κ2) is 7.35. The normalized spacial score (nSPS) is 14.5. The average Bonchev–Trinajstić information content (AvgIpc) is 2.87. The highest BCUT2D eigenvalue weighted by atomic mass is 16.2. The third-order valence-corrected chi connectivity index (χ3v) is 4.86. The predicted octanol–water partition coefficient (Wildman–Crippen LogP) is 3.95. The van der Waals surface area contributed by atoms with E-state index in [9.17, 15) is 14.4 Å². The molecule has 1 N–H and O–H groups in total. The van der Waals surface area contributed by atoms with Crippen LogP contribution in [0.15, 0.2) is 42.5 Å². The lowest BCUT2D eigenvalue weighted by atomic mass is 10.0. The molecule has 0 saturated heterocycles. The van der Waals surface area contributed by atoms with Crippen molar-refractivity contribution in [1.29, 1.82) is 0 Å². The zero-order valence-electron chi connectivity index (χ0n) is 16.1. The topological polar surface area (TPSA) is 66.5 Å². The Morgan fingerprint density at radius 1 is 0.926 bits per heavy atom. The third-order valence-electron chi connectivity index (χ3n) is 4.86. The summed E-state index contributed by atoms with van der Waals surface area (Å²) < 4.78 is 0. The Morgan fingerprint density at radius 2 is 1.44 bits per heavy atom. The summed E-state index contributed by atoms with van der Waals surface area (Å²) in [5.74, 6) is -1.01. The Hall–Kier alpha value is -2.95. The van der Waals surface area contributed by atoms with Gasteiger partial charge in [0.25, 0.3) is 11.8 Å². The first kappa shape index (κ1) is 18.8. The van der Waals surface area contributed by atoms with Gasteiger partial charge in [-0.05, 0) is 49.4 Å². The average molecular weight is 364 g/mol. The van der Waals surface area contributed by atoms with Crippen LogP contribution < -0.4 is 5.32 Å². The molecule has 0 unspecified atom stereocenters. The van der Waals surface area contributed by atoms with Crippen molar-refractivity contribution >= 4 is 23.4 Å². The molecule has 1 heterocycles. The molecule has 5 nitrogen and oxygen atoms in total. The lowest BCUT2D eigenvalue weighted by Gasteiger charge is -2.27. The molecule has 0 bridgehead atoms. The number of nitrogens with zero attached hydrogens (tertiary/aromatic N) is 1. The number of fused-ring (bicyclic) bond motifs is 1. The van der Waals surface area contributed by atoms with E-state index < -0.39 is 17.9 Å². The minimum absolute atomic E-state index is 0.142. The van der Waals surface area contributed by atoms with E-state index in [0.29, 0.717) is 17.5 Å². The molecule has 0 radical (unpaired) electrons. The molecule has 27 heavy (non-hydrogen) atoms. The maximum Gasteiger partial charge on any atom is 0.262 e. The largest absolute Gasteiger partial charge is 0.324 e. The summed E-state index contributed by atoms with van der Waals surface area (Å²) >= 11 is 0. The Balaban J connectivity index is 1.94. The number of aryl methyl sites for hydroxylation is 2.